The highest BCUT2D eigenvalue weighted by atomic mass is 79.9. The quantitative estimate of drug-likeness (QED) is 0.860. The molecule has 7 heteroatoms. The van der Waals surface area contributed by atoms with Gasteiger partial charge in [0.05, 0.1) is 9.37 Å². The highest BCUT2D eigenvalue weighted by molar-refractivity contribution is 9.10. The number of sulfonamides is 1. The number of aryl methyl sites for hydroxylation is 1. The molecule has 0 bridgehead atoms. The van der Waals surface area contributed by atoms with Crippen LogP contribution in [0.1, 0.15) is 18.4 Å². The first-order valence-corrected chi connectivity index (χ1v) is 8.84. The number of halogens is 2. The zero-order valence-corrected chi connectivity index (χ0v) is 13.7. The van der Waals surface area contributed by atoms with E-state index in [2.05, 4.69) is 26.0 Å². The Morgan fingerprint density at radius 2 is 2.25 bits per heavy atom. The number of benzene rings is 1. The first-order chi connectivity index (χ1) is 9.40. The summed E-state index contributed by atoms with van der Waals surface area (Å²) in [6.45, 7) is 3.82. The fourth-order valence-corrected chi connectivity index (χ4v) is 4.18. The van der Waals surface area contributed by atoms with Crippen molar-refractivity contribution in [1.29, 1.82) is 0 Å². The van der Waals surface area contributed by atoms with E-state index in [0.717, 1.165) is 25.9 Å². The van der Waals surface area contributed by atoms with Gasteiger partial charge in [-0.3, -0.25) is 0 Å². The summed E-state index contributed by atoms with van der Waals surface area (Å²) >= 11 is 3.02. The maximum Gasteiger partial charge on any atom is 0.240 e. The number of hydrogen-bond donors (Lipinski definition) is 2. The molecular formula is C13H18BrFN2O2S. The smallest absolute Gasteiger partial charge is 0.240 e. The first kappa shape index (κ1) is 15.9. The van der Waals surface area contributed by atoms with Gasteiger partial charge in [0.25, 0.3) is 0 Å². The van der Waals surface area contributed by atoms with Gasteiger partial charge in [0.15, 0.2) is 0 Å². The van der Waals surface area contributed by atoms with E-state index in [-0.39, 0.29) is 9.37 Å². The molecule has 112 valence electrons. The van der Waals surface area contributed by atoms with Crippen molar-refractivity contribution in [3.05, 3.63) is 28.0 Å². The molecule has 4 nitrogen and oxygen atoms in total. The van der Waals surface area contributed by atoms with Crippen LogP contribution in [0, 0.1) is 18.7 Å². The van der Waals surface area contributed by atoms with Crippen LogP contribution in [0.25, 0.3) is 0 Å². The zero-order chi connectivity index (χ0) is 14.8. The second kappa shape index (κ2) is 6.51. The second-order valence-corrected chi connectivity index (χ2v) is 7.69. The van der Waals surface area contributed by atoms with Crippen molar-refractivity contribution < 1.29 is 12.8 Å². The van der Waals surface area contributed by atoms with Gasteiger partial charge in [-0.25, -0.2) is 17.5 Å². The molecule has 1 atom stereocenters. The molecule has 0 aliphatic carbocycles. The summed E-state index contributed by atoms with van der Waals surface area (Å²) in [5.41, 5.74) is 0.403. The maximum absolute atomic E-state index is 13.4. The standard InChI is InChI=1S/C13H18BrFN2O2S/c1-9-5-12(15)11(14)6-13(9)20(18,19)17-8-10-3-2-4-16-7-10/h5-6,10,16-17H,2-4,7-8H2,1H3. The fraction of sp³-hybridized carbons (Fsp3) is 0.538. The molecule has 1 saturated heterocycles. The SMILES string of the molecule is Cc1cc(F)c(Br)cc1S(=O)(=O)NCC1CCCNC1. The molecule has 1 aliphatic rings. The lowest BCUT2D eigenvalue weighted by molar-refractivity contribution is 0.376. The van der Waals surface area contributed by atoms with Crippen molar-refractivity contribution >= 4 is 26.0 Å². The molecule has 0 amide bonds. The van der Waals surface area contributed by atoms with Crippen molar-refractivity contribution in [2.24, 2.45) is 5.92 Å². The van der Waals surface area contributed by atoms with Crippen molar-refractivity contribution in [2.45, 2.75) is 24.7 Å². The Kier molecular flexibility index (Phi) is 5.17. The molecule has 1 aromatic carbocycles. The van der Waals surface area contributed by atoms with Crippen LogP contribution in [0.3, 0.4) is 0 Å². The van der Waals surface area contributed by atoms with E-state index in [9.17, 15) is 12.8 Å². The molecule has 0 spiro atoms. The van der Waals surface area contributed by atoms with E-state index < -0.39 is 15.8 Å². The summed E-state index contributed by atoms with van der Waals surface area (Å²) in [5, 5.41) is 3.25. The van der Waals surface area contributed by atoms with Gasteiger partial charge in [-0.05, 0) is 72.4 Å². The monoisotopic (exact) mass is 364 g/mol. The van der Waals surface area contributed by atoms with Gasteiger partial charge in [-0.2, -0.15) is 0 Å². The van der Waals surface area contributed by atoms with Gasteiger partial charge in [0.2, 0.25) is 10.0 Å². The third-order valence-corrected chi connectivity index (χ3v) is 5.64. The van der Waals surface area contributed by atoms with Crippen molar-refractivity contribution in [1.82, 2.24) is 10.0 Å². The van der Waals surface area contributed by atoms with Crippen LogP contribution in [0.5, 0.6) is 0 Å². The Labute approximate surface area is 127 Å². The van der Waals surface area contributed by atoms with Crippen LogP contribution in [0.15, 0.2) is 21.5 Å². The molecule has 1 unspecified atom stereocenters. The third kappa shape index (κ3) is 3.78. The Hall–Kier alpha value is -0.500. The lowest BCUT2D eigenvalue weighted by Gasteiger charge is -2.23. The van der Waals surface area contributed by atoms with Gasteiger partial charge < -0.3 is 5.32 Å². The van der Waals surface area contributed by atoms with Crippen LogP contribution in [0.2, 0.25) is 0 Å². The average Bonchev–Trinajstić information content (AvgIpc) is 2.42. The van der Waals surface area contributed by atoms with Gasteiger partial charge >= 0.3 is 0 Å². The van der Waals surface area contributed by atoms with Crippen LogP contribution in [-0.4, -0.2) is 28.1 Å². The highest BCUT2D eigenvalue weighted by Crippen LogP contribution is 2.24. The molecule has 2 N–H and O–H groups in total. The van der Waals surface area contributed by atoms with Gasteiger partial charge in [-0.1, -0.05) is 0 Å². The topological polar surface area (TPSA) is 58.2 Å². The van der Waals surface area contributed by atoms with Gasteiger partial charge in [-0.15, -0.1) is 0 Å². The van der Waals surface area contributed by atoms with E-state index >= 15 is 0 Å². The summed E-state index contributed by atoms with van der Waals surface area (Å²) in [5.74, 6) is -0.152. The van der Waals surface area contributed by atoms with Crippen molar-refractivity contribution in [3.63, 3.8) is 0 Å². The lowest BCUT2D eigenvalue weighted by atomic mass is 10.0. The number of rotatable bonds is 4. The van der Waals surface area contributed by atoms with Gasteiger partial charge in [0, 0.05) is 6.54 Å². The van der Waals surface area contributed by atoms with E-state index in [4.69, 9.17) is 0 Å². The largest absolute Gasteiger partial charge is 0.316 e. The zero-order valence-electron chi connectivity index (χ0n) is 11.2. The molecular weight excluding hydrogens is 347 g/mol. The van der Waals surface area contributed by atoms with Crippen molar-refractivity contribution in [3.8, 4) is 0 Å². The number of hydrogen-bond acceptors (Lipinski definition) is 3. The third-order valence-electron chi connectivity index (χ3n) is 3.47. The highest BCUT2D eigenvalue weighted by Gasteiger charge is 2.21. The molecule has 1 heterocycles. The van der Waals surface area contributed by atoms with Crippen LogP contribution in [-0.2, 0) is 10.0 Å². The molecule has 1 aromatic rings. The minimum atomic E-state index is -3.60. The van der Waals surface area contributed by atoms with Gasteiger partial charge in [0.1, 0.15) is 5.82 Å². The fourth-order valence-electron chi connectivity index (χ4n) is 2.32. The van der Waals surface area contributed by atoms with E-state index in [1.54, 1.807) is 6.92 Å². The van der Waals surface area contributed by atoms with Crippen LogP contribution < -0.4 is 10.0 Å². The van der Waals surface area contributed by atoms with Crippen molar-refractivity contribution in [2.75, 3.05) is 19.6 Å². The Morgan fingerprint density at radius 1 is 1.50 bits per heavy atom. The molecule has 1 aliphatic heterocycles. The molecule has 1 fully saturated rings. The lowest BCUT2D eigenvalue weighted by Crippen LogP contribution is -2.38. The molecule has 0 saturated carbocycles. The summed E-state index contributed by atoms with van der Waals surface area (Å²) in [4.78, 5) is 0.120. The average molecular weight is 365 g/mol. The van der Waals surface area contributed by atoms with E-state index in [1.807, 2.05) is 0 Å². The predicted octanol–water partition coefficient (Wildman–Crippen LogP) is 2.17. The van der Waals surface area contributed by atoms with Crippen LogP contribution >= 0.6 is 15.9 Å². The molecule has 0 aromatic heterocycles. The normalized spacial score (nSPS) is 20.1. The van der Waals surface area contributed by atoms with E-state index in [0.29, 0.717) is 18.0 Å². The van der Waals surface area contributed by atoms with E-state index in [1.165, 1.54) is 12.1 Å². The first-order valence-electron chi connectivity index (χ1n) is 6.56. The predicted molar refractivity (Wildman–Crippen MR) is 79.6 cm³/mol. The van der Waals surface area contributed by atoms with Crippen LogP contribution in [0.4, 0.5) is 4.39 Å². The Balaban J connectivity index is 2.11. The minimum Gasteiger partial charge on any atom is -0.316 e. The summed E-state index contributed by atoms with van der Waals surface area (Å²) in [6.07, 6.45) is 2.08. The summed E-state index contributed by atoms with van der Waals surface area (Å²) in [6, 6.07) is 2.53. The molecule has 0 radical (unpaired) electrons. The maximum atomic E-state index is 13.4. The second-order valence-electron chi connectivity index (χ2n) is 5.10. The number of piperidine rings is 1. The Bertz CT molecular complexity index is 586. The minimum absolute atomic E-state index is 0.120. The molecule has 2 rings (SSSR count). The summed E-state index contributed by atoms with van der Waals surface area (Å²) < 4.78 is 40.7. The Morgan fingerprint density at radius 3 is 2.90 bits per heavy atom. The number of nitrogens with one attached hydrogen (secondary N) is 2. The molecule has 20 heavy (non-hydrogen) atoms. The summed E-state index contributed by atoms with van der Waals surface area (Å²) in [7, 11) is -3.60.